The van der Waals surface area contributed by atoms with Crippen LogP contribution in [0.2, 0.25) is 0 Å². The summed E-state index contributed by atoms with van der Waals surface area (Å²) in [6, 6.07) is 10.8. The van der Waals surface area contributed by atoms with Crippen LogP contribution in [0.25, 0.3) is 21.8 Å². The molecule has 3 nitrogen and oxygen atoms in total. The normalized spacial score (nSPS) is 18.6. The van der Waals surface area contributed by atoms with Crippen molar-refractivity contribution in [2.24, 2.45) is 5.92 Å². The molecule has 3 heteroatoms. The van der Waals surface area contributed by atoms with Crippen LogP contribution in [0.4, 0.5) is 0 Å². The van der Waals surface area contributed by atoms with Gasteiger partial charge in [0.05, 0.1) is 17.6 Å². The maximum absolute atomic E-state index is 6.37. The number of rotatable bonds is 4. The Morgan fingerprint density at radius 3 is 2.28 bits per heavy atom. The molecule has 1 aromatic heterocycles. The molecule has 29 heavy (non-hydrogen) atoms. The van der Waals surface area contributed by atoms with Gasteiger partial charge in [0.1, 0.15) is 11.6 Å². The van der Waals surface area contributed by atoms with Gasteiger partial charge >= 0.3 is 0 Å². The van der Waals surface area contributed by atoms with Crippen LogP contribution in [0.1, 0.15) is 89.8 Å². The molecular formula is C26H36N2O. The first-order valence-corrected chi connectivity index (χ1v) is 11.9. The standard InChI is InChI=1S/C24H30N2O.C2H6/c1-3-9-17(10-4-1)16-27-22-15-21-23(20-14-8-7-13-19(20)22)26-24(25-21)18-11-5-2-6-12-18;1-2/h7-8,13-15,17-18H,1-6,9-12,16H2,(H,25,26);1-2H3. The Balaban J connectivity index is 0.000000994. The lowest BCUT2D eigenvalue weighted by Crippen LogP contribution is -2.15. The van der Waals surface area contributed by atoms with Crippen LogP contribution in [0.5, 0.6) is 5.75 Å². The highest BCUT2D eigenvalue weighted by atomic mass is 16.5. The van der Waals surface area contributed by atoms with E-state index in [0.717, 1.165) is 23.4 Å². The molecule has 0 atom stereocenters. The Hall–Kier alpha value is -2.03. The first kappa shape index (κ1) is 20.3. The summed E-state index contributed by atoms with van der Waals surface area (Å²) < 4.78 is 6.37. The topological polar surface area (TPSA) is 37.9 Å². The molecule has 0 saturated heterocycles. The van der Waals surface area contributed by atoms with Crippen molar-refractivity contribution in [1.82, 2.24) is 9.97 Å². The molecule has 5 rings (SSSR count). The number of nitrogens with zero attached hydrogens (tertiary/aromatic N) is 1. The number of H-pyrrole nitrogens is 1. The Labute approximate surface area is 175 Å². The zero-order valence-corrected chi connectivity index (χ0v) is 18.2. The summed E-state index contributed by atoms with van der Waals surface area (Å²) in [5.41, 5.74) is 2.24. The van der Waals surface area contributed by atoms with Gasteiger partial charge in [-0.15, -0.1) is 0 Å². The molecule has 1 heterocycles. The molecule has 2 aromatic carbocycles. The maximum Gasteiger partial charge on any atom is 0.129 e. The molecule has 3 aromatic rings. The summed E-state index contributed by atoms with van der Waals surface area (Å²) >= 11 is 0. The molecular weight excluding hydrogens is 356 g/mol. The SMILES string of the molecule is CC.c1ccc2c(c1)c(OCC1CCCCC1)cc1[nH]c(C3CCCCC3)nc12. The Morgan fingerprint density at radius 2 is 1.55 bits per heavy atom. The molecule has 0 amide bonds. The predicted octanol–water partition coefficient (Wildman–Crippen LogP) is 7.75. The molecule has 2 saturated carbocycles. The molecule has 1 N–H and O–H groups in total. The van der Waals surface area contributed by atoms with Crippen molar-refractivity contribution >= 4 is 21.8 Å². The van der Waals surface area contributed by atoms with E-state index in [1.54, 1.807) is 0 Å². The van der Waals surface area contributed by atoms with Gasteiger partial charge in [-0.3, -0.25) is 0 Å². The number of fused-ring (bicyclic) bond motifs is 3. The zero-order chi connectivity index (χ0) is 20.1. The largest absolute Gasteiger partial charge is 0.493 e. The summed E-state index contributed by atoms with van der Waals surface area (Å²) in [6.07, 6.45) is 13.3. The Morgan fingerprint density at radius 1 is 0.897 bits per heavy atom. The van der Waals surface area contributed by atoms with E-state index in [0.29, 0.717) is 11.8 Å². The minimum atomic E-state index is 0.594. The second-order valence-corrected chi connectivity index (χ2v) is 8.59. The highest BCUT2D eigenvalue weighted by Crippen LogP contribution is 2.37. The summed E-state index contributed by atoms with van der Waals surface area (Å²) in [7, 11) is 0. The molecule has 2 aliphatic rings. The average Bonchev–Trinajstić information content (AvgIpc) is 3.25. The third-order valence-electron chi connectivity index (χ3n) is 6.66. The lowest BCUT2D eigenvalue weighted by atomic mass is 9.89. The van der Waals surface area contributed by atoms with E-state index >= 15 is 0 Å². The van der Waals surface area contributed by atoms with Crippen molar-refractivity contribution in [1.29, 1.82) is 0 Å². The number of benzene rings is 2. The minimum absolute atomic E-state index is 0.594. The second kappa shape index (κ2) is 9.65. The molecule has 156 valence electrons. The van der Waals surface area contributed by atoms with Crippen LogP contribution in [-0.4, -0.2) is 16.6 Å². The lowest BCUT2D eigenvalue weighted by molar-refractivity contribution is 0.211. The Kier molecular flexibility index (Phi) is 6.74. The number of hydrogen-bond donors (Lipinski definition) is 1. The van der Waals surface area contributed by atoms with Crippen molar-refractivity contribution in [2.75, 3.05) is 6.61 Å². The molecule has 2 fully saturated rings. The average molecular weight is 393 g/mol. The summed E-state index contributed by atoms with van der Waals surface area (Å²) in [5.74, 6) is 3.51. The molecule has 0 aliphatic heterocycles. The minimum Gasteiger partial charge on any atom is -0.493 e. The second-order valence-electron chi connectivity index (χ2n) is 8.59. The third-order valence-corrected chi connectivity index (χ3v) is 6.66. The summed E-state index contributed by atoms with van der Waals surface area (Å²) in [4.78, 5) is 8.69. The van der Waals surface area contributed by atoms with Crippen LogP contribution in [0, 0.1) is 5.92 Å². The van der Waals surface area contributed by atoms with Gasteiger partial charge in [-0.05, 0) is 31.6 Å². The van der Waals surface area contributed by atoms with Crippen LogP contribution in [0.3, 0.4) is 0 Å². The van der Waals surface area contributed by atoms with Crippen molar-refractivity contribution in [2.45, 2.75) is 84.0 Å². The van der Waals surface area contributed by atoms with Crippen molar-refractivity contribution < 1.29 is 4.74 Å². The zero-order valence-electron chi connectivity index (χ0n) is 18.2. The van der Waals surface area contributed by atoms with Gasteiger partial charge in [0.2, 0.25) is 0 Å². The van der Waals surface area contributed by atoms with Gasteiger partial charge < -0.3 is 9.72 Å². The van der Waals surface area contributed by atoms with Gasteiger partial charge in [0.15, 0.2) is 0 Å². The Bertz CT molecular complexity index is 917. The maximum atomic E-state index is 6.37. The molecule has 0 spiro atoms. The van der Waals surface area contributed by atoms with Crippen LogP contribution in [-0.2, 0) is 0 Å². The number of aromatic nitrogens is 2. The fraction of sp³-hybridized carbons (Fsp3) is 0.577. The first-order valence-electron chi connectivity index (χ1n) is 11.9. The van der Waals surface area contributed by atoms with Crippen LogP contribution in [0.15, 0.2) is 30.3 Å². The van der Waals surface area contributed by atoms with Crippen LogP contribution >= 0.6 is 0 Å². The number of imidazole rings is 1. The van der Waals surface area contributed by atoms with Crippen molar-refractivity contribution in [3.8, 4) is 5.75 Å². The summed E-state index contributed by atoms with van der Waals surface area (Å²) in [6.45, 7) is 4.85. The highest BCUT2D eigenvalue weighted by Gasteiger charge is 2.21. The van der Waals surface area contributed by atoms with Crippen LogP contribution < -0.4 is 4.74 Å². The fourth-order valence-electron chi connectivity index (χ4n) is 5.08. The van der Waals surface area contributed by atoms with E-state index in [1.165, 1.54) is 80.8 Å². The van der Waals surface area contributed by atoms with E-state index in [2.05, 4.69) is 35.3 Å². The van der Waals surface area contributed by atoms with Gasteiger partial charge in [0, 0.05) is 22.8 Å². The summed E-state index contributed by atoms with van der Waals surface area (Å²) in [5, 5.41) is 2.41. The molecule has 2 aliphatic carbocycles. The molecule has 0 radical (unpaired) electrons. The smallest absolute Gasteiger partial charge is 0.129 e. The number of aromatic amines is 1. The number of ether oxygens (including phenoxy) is 1. The first-order chi connectivity index (χ1) is 14.4. The van der Waals surface area contributed by atoms with Crippen molar-refractivity contribution in [3.05, 3.63) is 36.2 Å². The fourth-order valence-corrected chi connectivity index (χ4v) is 5.08. The quantitative estimate of drug-likeness (QED) is 0.493. The molecule has 0 unspecified atom stereocenters. The monoisotopic (exact) mass is 392 g/mol. The van der Waals surface area contributed by atoms with Gasteiger partial charge in [-0.25, -0.2) is 4.98 Å². The van der Waals surface area contributed by atoms with Gasteiger partial charge in [0.25, 0.3) is 0 Å². The molecule has 0 bridgehead atoms. The third kappa shape index (κ3) is 4.44. The number of hydrogen-bond acceptors (Lipinski definition) is 2. The highest BCUT2D eigenvalue weighted by molar-refractivity contribution is 6.07. The van der Waals surface area contributed by atoms with E-state index in [-0.39, 0.29) is 0 Å². The van der Waals surface area contributed by atoms with Crippen molar-refractivity contribution in [3.63, 3.8) is 0 Å². The van der Waals surface area contributed by atoms with E-state index < -0.39 is 0 Å². The van der Waals surface area contributed by atoms with Gasteiger partial charge in [-0.2, -0.15) is 0 Å². The number of nitrogens with one attached hydrogen (secondary N) is 1. The van der Waals surface area contributed by atoms with E-state index in [9.17, 15) is 0 Å². The van der Waals surface area contributed by atoms with E-state index in [4.69, 9.17) is 9.72 Å². The van der Waals surface area contributed by atoms with E-state index in [1.807, 2.05) is 13.8 Å². The van der Waals surface area contributed by atoms with Gasteiger partial charge in [-0.1, -0.05) is 76.6 Å². The predicted molar refractivity (Wildman–Crippen MR) is 123 cm³/mol. The lowest BCUT2D eigenvalue weighted by Gasteiger charge is -2.22.